The Kier molecular flexibility index (Phi) is 6.09. The number of nitrogens with zero attached hydrogens (tertiary/aromatic N) is 2. The second-order valence-corrected chi connectivity index (χ2v) is 8.33. The van der Waals surface area contributed by atoms with Gasteiger partial charge in [-0.25, -0.2) is 4.39 Å². The van der Waals surface area contributed by atoms with Gasteiger partial charge in [0.05, 0.1) is 5.69 Å². The fourth-order valence-corrected chi connectivity index (χ4v) is 4.17. The van der Waals surface area contributed by atoms with Crippen LogP contribution in [0.25, 0.3) is 10.8 Å². The molecule has 0 aromatic heterocycles. The number of rotatable bonds is 5. The van der Waals surface area contributed by atoms with Crippen LogP contribution in [-0.4, -0.2) is 47.5 Å². The SMILES string of the molecule is CC1CN(C(=O)COc2cc3ccccc3cc2N)C(C)CN1Cc1ccc(F)cc1. The van der Waals surface area contributed by atoms with Gasteiger partial charge in [0.15, 0.2) is 6.61 Å². The van der Waals surface area contributed by atoms with Gasteiger partial charge in [-0.1, -0.05) is 36.4 Å². The maximum absolute atomic E-state index is 13.2. The van der Waals surface area contributed by atoms with Crippen LogP contribution in [-0.2, 0) is 11.3 Å². The Morgan fingerprint density at radius 3 is 2.42 bits per heavy atom. The zero-order valence-corrected chi connectivity index (χ0v) is 17.9. The number of hydrogen-bond acceptors (Lipinski definition) is 4. The molecular formula is C25H28FN3O2. The van der Waals surface area contributed by atoms with E-state index in [2.05, 4.69) is 11.8 Å². The van der Waals surface area contributed by atoms with Gasteiger partial charge in [-0.3, -0.25) is 9.69 Å². The number of hydrogen-bond donors (Lipinski definition) is 1. The molecule has 1 saturated heterocycles. The number of nitrogens with two attached hydrogens (primary N) is 1. The first-order valence-electron chi connectivity index (χ1n) is 10.6. The number of carbonyl (C=O) groups excluding carboxylic acids is 1. The van der Waals surface area contributed by atoms with Crippen molar-refractivity contribution >= 4 is 22.4 Å². The zero-order chi connectivity index (χ0) is 22.0. The lowest BCUT2D eigenvalue weighted by atomic mass is 10.1. The van der Waals surface area contributed by atoms with E-state index in [0.717, 1.165) is 29.4 Å². The van der Waals surface area contributed by atoms with Gasteiger partial charge in [0.25, 0.3) is 5.91 Å². The van der Waals surface area contributed by atoms with Crippen LogP contribution in [0, 0.1) is 5.82 Å². The summed E-state index contributed by atoms with van der Waals surface area (Å²) in [5.74, 6) is 0.253. The summed E-state index contributed by atoms with van der Waals surface area (Å²) < 4.78 is 19.0. The molecular weight excluding hydrogens is 393 g/mol. The summed E-state index contributed by atoms with van der Waals surface area (Å²) in [6.45, 7) is 6.22. The second kappa shape index (κ2) is 8.94. The van der Waals surface area contributed by atoms with Crippen molar-refractivity contribution in [1.29, 1.82) is 0 Å². The van der Waals surface area contributed by atoms with Crippen LogP contribution in [0.3, 0.4) is 0 Å². The molecule has 2 atom stereocenters. The number of ether oxygens (including phenoxy) is 1. The van der Waals surface area contributed by atoms with E-state index in [-0.39, 0.29) is 30.4 Å². The molecule has 6 heteroatoms. The van der Waals surface area contributed by atoms with E-state index in [1.54, 1.807) is 0 Å². The molecule has 5 nitrogen and oxygen atoms in total. The van der Waals surface area contributed by atoms with Gasteiger partial charge in [-0.15, -0.1) is 0 Å². The van der Waals surface area contributed by atoms with E-state index < -0.39 is 0 Å². The van der Waals surface area contributed by atoms with E-state index in [1.165, 1.54) is 12.1 Å². The molecule has 4 rings (SSSR count). The quantitative estimate of drug-likeness (QED) is 0.631. The van der Waals surface area contributed by atoms with Crippen LogP contribution in [0.1, 0.15) is 19.4 Å². The van der Waals surface area contributed by atoms with Gasteiger partial charge in [0.1, 0.15) is 11.6 Å². The highest BCUT2D eigenvalue weighted by Gasteiger charge is 2.32. The molecule has 1 aliphatic heterocycles. The molecule has 2 unspecified atom stereocenters. The summed E-state index contributed by atoms with van der Waals surface area (Å²) in [5.41, 5.74) is 7.71. The van der Waals surface area contributed by atoms with Crippen LogP contribution >= 0.6 is 0 Å². The molecule has 1 fully saturated rings. The third-order valence-electron chi connectivity index (χ3n) is 5.96. The van der Waals surface area contributed by atoms with Crippen molar-refractivity contribution in [2.24, 2.45) is 0 Å². The van der Waals surface area contributed by atoms with Crippen molar-refractivity contribution in [1.82, 2.24) is 9.80 Å². The van der Waals surface area contributed by atoms with Crippen molar-refractivity contribution in [2.45, 2.75) is 32.5 Å². The van der Waals surface area contributed by atoms with Crippen molar-refractivity contribution in [3.8, 4) is 5.75 Å². The molecule has 0 radical (unpaired) electrons. The zero-order valence-electron chi connectivity index (χ0n) is 17.9. The maximum Gasteiger partial charge on any atom is 0.260 e. The molecule has 3 aromatic rings. The smallest absolute Gasteiger partial charge is 0.260 e. The van der Waals surface area contributed by atoms with Gasteiger partial charge in [0, 0.05) is 31.7 Å². The lowest BCUT2D eigenvalue weighted by molar-refractivity contribution is -0.139. The number of carbonyl (C=O) groups is 1. The standard InChI is InChI=1S/C25H28FN3O2/c1-17-14-29(18(2)13-28(17)15-19-7-9-22(26)10-8-19)25(30)16-31-24-12-21-6-4-3-5-20(21)11-23(24)27/h3-12,17-18H,13-16,27H2,1-2H3. The Labute approximate surface area is 182 Å². The molecule has 1 heterocycles. The Bertz CT molecular complexity index is 1070. The van der Waals surface area contributed by atoms with Gasteiger partial charge in [-0.05, 0) is 54.4 Å². The Balaban J connectivity index is 1.37. The van der Waals surface area contributed by atoms with Gasteiger partial charge in [-0.2, -0.15) is 0 Å². The molecule has 31 heavy (non-hydrogen) atoms. The molecule has 1 amide bonds. The van der Waals surface area contributed by atoms with E-state index in [9.17, 15) is 9.18 Å². The lowest BCUT2D eigenvalue weighted by Crippen LogP contribution is -2.58. The number of piperazine rings is 1. The fraction of sp³-hybridized carbons (Fsp3) is 0.320. The number of anilines is 1. The number of amides is 1. The highest BCUT2D eigenvalue weighted by molar-refractivity contribution is 5.88. The average Bonchev–Trinajstić information content (AvgIpc) is 2.76. The molecule has 0 spiro atoms. The van der Waals surface area contributed by atoms with Crippen LogP contribution in [0.4, 0.5) is 10.1 Å². The topological polar surface area (TPSA) is 58.8 Å². The minimum absolute atomic E-state index is 0.0441. The van der Waals surface area contributed by atoms with Gasteiger partial charge >= 0.3 is 0 Å². The lowest BCUT2D eigenvalue weighted by Gasteiger charge is -2.44. The predicted octanol–water partition coefficient (Wildman–Crippen LogP) is 4.06. The number of halogens is 1. The minimum Gasteiger partial charge on any atom is -0.482 e. The number of nitrogen functional groups attached to an aromatic ring is 1. The fourth-order valence-electron chi connectivity index (χ4n) is 4.17. The largest absolute Gasteiger partial charge is 0.482 e. The Morgan fingerprint density at radius 2 is 1.71 bits per heavy atom. The highest BCUT2D eigenvalue weighted by atomic mass is 19.1. The van der Waals surface area contributed by atoms with Crippen LogP contribution in [0.5, 0.6) is 5.75 Å². The van der Waals surface area contributed by atoms with Crippen LogP contribution < -0.4 is 10.5 Å². The third-order valence-corrected chi connectivity index (χ3v) is 5.96. The van der Waals surface area contributed by atoms with E-state index in [1.807, 2.05) is 60.4 Å². The first kappa shape index (κ1) is 21.1. The van der Waals surface area contributed by atoms with Gasteiger partial charge < -0.3 is 15.4 Å². The van der Waals surface area contributed by atoms with Crippen LogP contribution in [0.15, 0.2) is 60.7 Å². The monoisotopic (exact) mass is 421 g/mol. The molecule has 2 N–H and O–H groups in total. The first-order valence-corrected chi connectivity index (χ1v) is 10.6. The summed E-state index contributed by atoms with van der Waals surface area (Å²) in [4.78, 5) is 17.1. The van der Waals surface area contributed by atoms with Crippen molar-refractivity contribution in [3.63, 3.8) is 0 Å². The normalized spacial score (nSPS) is 19.5. The third kappa shape index (κ3) is 4.80. The molecule has 0 saturated carbocycles. The van der Waals surface area contributed by atoms with E-state index in [4.69, 9.17) is 10.5 Å². The van der Waals surface area contributed by atoms with E-state index in [0.29, 0.717) is 18.0 Å². The highest BCUT2D eigenvalue weighted by Crippen LogP contribution is 2.28. The predicted molar refractivity (Wildman–Crippen MR) is 121 cm³/mol. The van der Waals surface area contributed by atoms with Crippen molar-refractivity contribution in [3.05, 3.63) is 72.0 Å². The summed E-state index contributed by atoms with van der Waals surface area (Å²) in [7, 11) is 0. The number of benzene rings is 3. The molecule has 3 aromatic carbocycles. The first-order chi connectivity index (χ1) is 14.9. The number of fused-ring (bicyclic) bond motifs is 1. The maximum atomic E-state index is 13.2. The minimum atomic E-state index is -0.229. The van der Waals surface area contributed by atoms with Crippen molar-refractivity contribution in [2.75, 3.05) is 25.4 Å². The van der Waals surface area contributed by atoms with Gasteiger partial charge in [0.2, 0.25) is 0 Å². The van der Waals surface area contributed by atoms with Crippen LogP contribution in [0.2, 0.25) is 0 Å². The molecule has 0 aliphatic carbocycles. The average molecular weight is 422 g/mol. The summed E-state index contributed by atoms with van der Waals surface area (Å²) in [6.07, 6.45) is 0. The molecule has 0 bridgehead atoms. The Morgan fingerprint density at radius 1 is 1.03 bits per heavy atom. The summed E-state index contributed by atoms with van der Waals surface area (Å²) in [5, 5.41) is 2.06. The summed E-state index contributed by atoms with van der Waals surface area (Å²) in [6, 6.07) is 18.5. The molecule has 1 aliphatic rings. The van der Waals surface area contributed by atoms with Crippen molar-refractivity contribution < 1.29 is 13.9 Å². The van der Waals surface area contributed by atoms with E-state index >= 15 is 0 Å². The second-order valence-electron chi connectivity index (χ2n) is 8.33. The summed E-state index contributed by atoms with van der Waals surface area (Å²) >= 11 is 0. The Hall–Kier alpha value is -3.12. The molecule has 162 valence electrons.